The summed E-state index contributed by atoms with van der Waals surface area (Å²) in [6.45, 7) is 5.38. The fourth-order valence-electron chi connectivity index (χ4n) is 3.74. The minimum Gasteiger partial charge on any atom is -0.337 e. The van der Waals surface area contributed by atoms with Crippen LogP contribution in [-0.4, -0.2) is 51.8 Å². The van der Waals surface area contributed by atoms with Crippen LogP contribution in [0.3, 0.4) is 0 Å². The number of sulfone groups is 1. The van der Waals surface area contributed by atoms with Crippen molar-refractivity contribution in [1.82, 2.24) is 19.7 Å². The van der Waals surface area contributed by atoms with Gasteiger partial charge in [-0.05, 0) is 39.5 Å². The molecule has 0 spiro atoms. The van der Waals surface area contributed by atoms with Crippen LogP contribution < -0.4 is 0 Å². The first-order valence-electron chi connectivity index (χ1n) is 8.70. The zero-order valence-corrected chi connectivity index (χ0v) is 15.3. The summed E-state index contributed by atoms with van der Waals surface area (Å²) in [5.41, 5.74) is -0.251. The third-order valence-electron chi connectivity index (χ3n) is 5.08. The molecule has 8 heteroatoms. The van der Waals surface area contributed by atoms with Gasteiger partial charge >= 0.3 is 0 Å². The number of aromatic nitrogens is 3. The van der Waals surface area contributed by atoms with E-state index in [4.69, 9.17) is 0 Å². The van der Waals surface area contributed by atoms with E-state index in [9.17, 15) is 13.2 Å². The highest BCUT2D eigenvalue weighted by Gasteiger charge is 2.37. The summed E-state index contributed by atoms with van der Waals surface area (Å²) in [5.74, 6) is 0.386. The number of amides is 1. The van der Waals surface area contributed by atoms with E-state index in [1.165, 1.54) is 0 Å². The Bertz CT molecular complexity index is 724. The highest BCUT2D eigenvalue weighted by atomic mass is 32.2. The van der Waals surface area contributed by atoms with E-state index in [0.717, 1.165) is 50.9 Å². The van der Waals surface area contributed by atoms with Crippen molar-refractivity contribution < 1.29 is 13.2 Å². The second-order valence-corrected chi connectivity index (χ2v) is 9.55. The van der Waals surface area contributed by atoms with Crippen LogP contribution in [-0.2, 0) is 33.4 Å². The number of carbonyl (C=O) groups excluding carboxylic acids is 1. The van der Waals surface area contributed by atoms with Crippen LogP contribution in [0.15, 0.2) is 0 Å². The molecule has 0 unspecified atom stereocenters. The molecule has 0 aromatic carbocycles. The summed E-state index contributed by atoms with van der Waals surface area (Å²) in [6.07, 6.45) is 5.88. The Morgan fingerprint density at radius 1 is 1.12 bits per heavy atom. The quantitative estimate of drug-likeness (QED) is 0.814. The Balaban J connectivity index is 1.71. The number of carbonyl (C=O) groups is 1. The van der Waals surface area contributed by atoms with Gasteiger partial charge in [-0.15, -0.1) is 10.2 Å². The number of aryl methyl sites for hydroxylation is 1. The van der Waals surface area contributed by atoms with Crippen LogP contribution in [0, 0.1) is 0 Å². The molecule has 134 valence electrons. The summed E-state index contributed by atoms with van der Waals surface area (Å²) in [4.78, 5) is 14.2. The molecule has 1 aromatic rings. The Morgan fingerprint density at radius 2 is 1.92 bits per heavy atom. The van der Waals surface area contributed by atoms with Crippen LogP contribution >= 0.6 is 0 Å². The van der Waals surface area contributed by atoms with Crippen LogP contribution in [0.4, 0.5) is 0 Å². The van der Waals surface area contributed by atoms with Crippen molar-refractivity contribution in [2.24, 2.45) is 0 Å². The smallest absolute Gasteiger partial charge is 0.238 e. The van der Waals surface area contributed by atoms with Gasteiger partial charge in [-0.1, -0.05) is 6.42 Å². The SMILES string of the molecule is CC1(C)CCCN1C(=O)CS(=O)(=O)Cc1nnc2n1CCCCC2. The molecule has 1 saturated heterocycles. The van der Waals surface area contributed by atoms with Crippen molar-refractivity contribution >= 4 is 15.7 Å². The highest BCUT2D eigenvalue weighted by molar-refractivity contribution is 7.91. The molecule has 0 aliphatic carbocycles. The Morgan fingerprint density at radius 3 is 2.62 bits per heavy atom. The molecule has 0 saturated carbocycles. The number of rotatable bonds is 4. The van der Waals surface area contributed by atoms with Crippen molar-refractivity contribution in [2.45, 2.75) is 70.2 Å². The number of hydrogen-bond donors (Lipinski definition) is 0. The molecule has 1 aromatic heterocycles. The van der Waals surface area contributed by atoms with Crippen molar-refractivity contribution in [3.8, 4) is 0 Å². The third-order valence-corrected chi connectivity index (χ3v) is 6.47. The van der Waals surface area contributed by atoms with E-state index in [0.29, 0.717) is 12.4 Å². The maximum atomic E-state index is 12.5. The number of nitrogens with zero attached hydrogens (tertiary/aromatic N) is 4. The second-order valence-electron chi connectivity index (χ2n) is 7.49. The van der Waals surface area contributed by atoms with Gasteiger partial charge in [-0.3, -0.25) is 4.79 Å². The average molecular weight is 354 g/mol. The fraction of sp³-hybridized carbons (Fsp3) is 0.812. The van der Waals surface area contributed by atoms with E-state index >= 15 is 0 Å². The molecule has 0 bridgehead atoms. The van der Waals surface area contributed by atoms with Crippen LogP contribution in [0.2, 0.25) is 0 Å². The van der Waals surface area contributed by atoms with Crippen LogP contribution in [0.5, 0.6) is 0 Å². The number of fused-ring (bicyclic) bond motifs is 1. The molecule has 1 fully saturated rings. The van der Waals surface area contributed by atoms with Crippen LogP contribution in [0.25, 0.3) is 0 Å². The molecular weight excluding hydrogens is 328 g/mol. The summed E-state index contributed by atoms with van der Waals surface area (Å²) < 4.78 is 27.0. The topological polar surface area (TPSA) is 85.2 Å². The summed E-state index contributed by atoms with van der Waals surface area (Å²) in [7, 11) is -3.55. The molecule has 1 amide bonds. The molecule has 2 aliphatic heterocycles. The molecule has 3 heterocycles. The lowest BCUT2D eigenvalue weighted by molar-refractivity contribution is -0.131. The minimum atomic E-state index is -3.55. The fourth-order valence-corrected chi connectivity index (χ4v) is 4.98. The van der Waals surface area contributed by atoms with Gasteiger partial charge in [0.2, 0.25) is 5.91 Å². The van der Waals surface area contributed by atoms with Gasteiger partial charge in [-0.2, -0.15) is 0 Å². The summed E-state index contributed by atoms with van der Waals surface area (Å²) >= 11 is 0. The van der Waals surface area contributed by atoms with Gasteiger partial charge in [0.25, 0.3) is 0 Å². The summed E-state index contributed by atoms with van der Waals surface area (Å²) in [6, 6.07) is 0. The lowest BCUT2D eigenvalue weighted by Crippen LogP contribution is -2.45. The van der Waals surface area contributed by atoms with E-state index < -0.39 is 15.6 Å². The highest BCUT2D eigenvalue weighted by Crippen LogP contribution is 2.28. The molecule has 2 aliphatic rings. The Labute approximate surface area is 143 Å². The van der Waals surface area contributed by atoms with Crippen molar-refractivity contribution in [3.05, 3.63) is 11.6 Å². The third kappa shape index (κ3) is 3.63. The predicted octanol–water partition coefficient (Wildman–Crippen LogP) is 1.32. The largest absolute Gasteiger partial charge is 0.337 e. The zero-order valence-electron chi connectivity index (χ0n) is 14.5. The lowest BCUT2D eigenvalue weighted by atomic mass is 10.0. The molecule has 24 heavy (non-hydrogen) atoms. The van der Waals surface area contributed by atoms with Crippen LogP contribution in [0.1, 0.15) is 57.6 Å². The molecule has 3 rings (SSSR count). The average Bonchev–Trinajstić information content (AvgIpc) is 2.92. The summed E-state index contributed by atoms with van der Waals surface area (Å²) in [5, 5.41) is 8.20. The molecular formula is C16H26N4O3S. The first-order valence-corrected chi connectivity index (χ1v) is 10.5. The van der Waals surface area contributed by atoms with Crippen molar-refractivity contribution in [3.63, 3.8) is 0 Å². The molecule has 0 radical (unpaired) electrons. The molecule has 7 nitrogen and oxygen atoms in total. The maximum Gasteiger partial charge on any atom is 0.238 e. The van der Waals surface area contributed by atoms with Crippen molar-refractivity contribution in [2.75, 3.05) is 12.3 Å². The van der Waals surface area contributed by atoms with E-state index in [2.05, 4.69) is 10.2 Å². The standard InChI is InChI=1S/C16H26N4O3S/c1-16(2)8-6-10-20(16)15(21)12-24(22,23)11-14-18-17-13-7-4-3-5-9-19(13)14/h3-12H2,1-2H3. The monoisotopic (exact) mass is 354 g/mol. The van der Waals surface area contributed by atoms with E-state index in [1.54, 1.807) is 4.90 Å². The van der Waals surface area contributed by atoms with Gasteiger partial charge in [-0.25, -0.2) is 8.42 Å². The number of likely N-dealkylation sites (tertiary alicyclic amines) is 1. The molecule has 0 atom stereocenters. The second kappa shape index (κ2) is 6.46. The van der Waals surface area contributed by atoms with E-state index in [-0.39, 0.29) is 17.2 Å². The maximum absolute atomic E-state index is 12.5. The van der Waals surface area contributed by atoms with Gasteiger partial charge in [0.05, 0.1) is 0 Å². The first-order chi connectivity index (χ1) is 11.3. The predicted molar refractivity (Wildman–Crippen MR) is 90.1 cm³/mol. The van der Waals surface area contributed by atoms with Gasteiger partial charge in [0.1, 0.15) is 23.2 Å². The Hall–Kier alpha value is -1.44. The van der Waals surface area contributed by atoms with Gasteiger partial charge < -0.3 is 9.47 Å². The minimum absolute atomic E-state index is 0.208. The van der Waals surface area contributed by atoms with Crippen molar-refractivity contribution in [1.29, 1.82) is 0 Å². The first kappa shape index (κ1) is 17.4. The zero-order chi connectivity index (χ0) is 17.4. The normalized spacial score (nSPS) is 20.7. The Kier molecular flexibility index (Phi) is 4.68. The lowest BCUT2D eigenvalue weighted by Gasteiger charge is -2.31. The van der Waals surface area contributed by atoms with E-state index in [1.807, 2.05) is 18.4 Å². The van der Waals surface area contributed by atoms with Gasteiger partial charge in [0, 0.05) is 25.0 Å². The number of hydrogen-bond acceptors (Lipinski definition) is 5. The van der Waals surface area contributed by atoms with Gasteiger partial charge in [0.15, 0.2) is 9.84 Å². The molecule has 0 N–H and O–H groups in total.